The first-order valence-corrected chi connectivity index (χ1v) is 6.93. The Morgan fingerprint density at radius 1 is 1.19 bits per heavy atom. The van der Waals surface area contributed by atoms with Crippen LogP contribution in [-0.4, -0.2) is 19.6 Å². The standard InChI is InChI=1S/C14H13N5.C2H6/c1-10-6-3-4-7-12(10)11(2)16-13-17-14-15-8-5-9-19(14)18-13;1-2/h3-9H,2H2,1H3,(H,16,18);1-2H3. The molecule has 0 saturated carbocycles. The molecule has 21 heavy (non-hydrogen) atoms. The van der Waals surface area contributed by atoms with Gasteiger partial charge in [0, 0.05) is 23.7 Å². The van der Waals surface area contributed by atoms with Gasteiger partial charge in [-0.3, -0.25) is 0 Å². The van der Waals surface area contributed by atoms with Gasteiger partial charge in [-0.1, -0.05) is 44.7 Å². The van der Waals surface area contributed by atoms with Gasteiger partial charge in [-0.05, 0) is 18.6 Å². The molecule has 0 bridgehead atoms. The Balaban J connectivity index is 0.000000774. The molecule has 5 heteroatoms. The van der Waals surface area contributed by atoms with E-state index in [0.29, 0.717) is 11.7 Å². The molecule has 0 radical (unpaired) electrons. The SMILES string of the molecule is C=C(Nc1nc2ncccn2n1)c1ccccc1C.CC. The van der Waals surface area contributed by atoms with Gasteiger partial charge >= 0.3 is 0 Å². The van der Waals surface area contributed by atoms with Gasteiger partial charge in [0.1, 0.15) is 0 Å². The van der Waals surface area contributed by atoms with Crippen LogP contribution in [0.1, 0.15) is 25.0 Å². The highest BCUT2D eigenvalue weighted by atomic mass is 15.4. The van der Waals surface area contributed by atoms with Gasteiger partial charge in [0.15, 0.2) is 0 Å². The molecule has 3 aromatic rings. The fourth-order valence-electron chi connectivity index (χ4n) is 1.90. The molecule has 0 atom stereocenters. The van der Waals surface area contributed by atoms with Crippen molar-refractivity contribution in [2.45, 2.75) is 20.8 Å². The van der Waals surface area contributed by atoms with E-state index in [-0.39, 0.29) is 0 Å². The molecule has 1 N–H and O–H groups in total. The zero-order valence-electron chi connectivity index (χ0n) is 12.5. The first-order chi connectivity index (χ1) is 10.2. The van der Waals surface area contributed by atoms with Gasteiger partial charge in [-0.25, -0.2) is 9.50 Å². The van der Waals surface area contributed by atoms with Crippen molar-refractivity contribution in [3.63, 3.8) is 0 Å². The highest BCUT2D eigenvalue weighted by molar-refractivity contribution is 5.74. The van der Waals surface area contributed by atoms with Crippen LogP contribution in [0.5, 0.6) is 0 Å². The third-order valence-corrected chi connectivity index (χ3v) is 2.85. The van der Waals surface area contributed by atoms with Gasteiger partial charge in [-0.15, -0.1) is 5.10 Å². The van der Waals surface area contributed by atoms with Crippen molar-refractivity contribution in [3.8, 4) is 0 Å². The molecule has 0 aliphatic heterocycles. The second-order valence-electron chi connectivity index (χ2n) is 4.22. The number of hydrogen-bond donors (Lipinski definition) is 1. The number of rotatable bonds is 3. The predicted molar refractivity (Wildman–Crippen MR) is 86.0 cm³/mol. The smallest absolute Gasteiger partial charge is 0.253 e. The first kappa shape index (κ1) is 14.7. The van der Waals surface area contributed by atoms with Gasteiger partial charge in [0.25, 0.3) is 5.78 Å². The van der Waals surface area contributed by atoms with E-state index in [9.17, 15) is 0 Å². The number of nitrogens with one attached hydrogen (secondary N) is 1. The molecular weight excluding hydrogens is 262 g/mol. The maximum Gasteiger partial charge on any atom is 0.253 e. The monoisotopic (exact) mass is 281 g/mol. The third kappa shape index (κ3) is 3.25. The van der Waals surface area contributed by atoms with E-state index in [2.05, 4.69) is 27.0 Å². The lowest BCUT2D eigenvalue weighted by Crippen LogP contribution is -2.00. The van der Waals surface area contributed by atoms with E-state index >= 15 is 0 Å². The van der Waals surface area contributed by atoms with Crippen LogP contribution in [0.25, 0.3) is 11.5 Å². The summed E-state index contributed by atoms with van der Waals surface area (Å²) in [5.41, 5.74) is 2.98. The lowest BCUT2D eigenvalue weighted by Gasteiger charge is -2.08. The summed E-state index contributed by atoms with van der Waals surface area (Å²) in [6.07, 6.45) is 3.49. The number of fused-ring (bicyclic) bond motifs is 1. The second kappa shape index (κ2) is 6.65. The number of nitrogens with zero attached hydrogens (tertiary/aromatic N) is 4. The van der Waals surface area contributed by atoms with Crippen LogP contribution in [0, 0.1) is 6.92 Å². The van der Waals surface area contributed by atoms with Crippen molar-refractivity contribution in [1.82, 2.24) is 19.6 Å². The molecule has 2 aromatic heterocycles. The van der Waals surface area contributed by atoms with Crippen LogP contribution in [0.3, 0.4) is 0 Å². The maximum absolute atomic E-state index is 4.28. The molecule has 0 unspecified atom stereocenters. The summed E-state index contributed by atoms with van der Waals surface area (Å²) in [6, 6.07) is 9.84. The Hall–Kier alpha value is -2.69. The van der Waals surface area contributed by atoms with Crippen molar-refractivity contribution in [3.05, 3.63) is 60.4 Å². The summed E-state index contributed by atoms with van der Waals surface area (Å²) >= 11 is 0. The first-order valence-electron chi connectivity index (χ1n) is 6.93. The molecule has 0 aliphatic rings. The van der Waals surface area contributed by atoms with E-state index in [1.54, 1.807) is 16.9 Å². The molecule has 0 spiro atoms. The van der Waals surface area contributed by atoms with Crippen molar-refractivity contribution < 1.29 is 0 Å². The van der Waals surface area contributed by atoms with Gasteiger partial charge in [0.05, 0.1) is 0 Å². The lowest BCUT2D eigenvalue weighted by atomic mass is 10.1. The van der Waals surface area contributed by atoms with Crippen molar-refractivity contribution in [1.29, 1.82) is 0 Å². The number of benzene rings is 1. The topological polar surface area (TPSA) is 55.1 Å². The van der Waals surface area contributed by atoms with Crippen molar-refractivity contribution in [2.75, 3.05) is 5.32 Å². The Bertz CT molecular complexity index is 712. The predicted octanol–water partition coefficient (Wildman–Crippen LogP) is 3.54. The van der Waals surface area contributed by atoms with E-state index in [0.717, 1.165) is 16.8 Å². The minimum atomic E-state index is 0.493. The van der Waals surface area contributed by atoms with Crippen LogP contribution in [0.4, 0.5) is 5.95 Å². The van der Waals surface area contributed by atoms with E-state index in [1.807, 2.05) is 51.1 Å². The molecule has 108 valence electrons. The van der Waals surface area contributed by atoms with Gasteiger partial charge in [0.2, 0.25) is 5.95 Å². The molecular formula is C16H19N5. The molecule has 5 nitrogen and oxygen atoms in total. The molecule has 0 saturated heterocycles. The highest BCUT2D eigenvalue weighted by Gasteiger charge is 2.07. The summed E-state index contributed by atoms with van der Waals surface area (Å²) < 4.78 is 1.62. The number of aryl methyl sites for hydroxylation is 1. The van der Waals surface area contributed by atoms with Crippen molar-refractivity contribution in [2.24, 2.45) is 0 Å². The maximum atomic E-state index is 4.28. The molecule has 0 amide bonds. The quantitative estimate of drug-likeness (QED) is 0.797. The Labute approximate surface area is 124 Å². The minimum absolute atomic E-state index is 0.493. The Kier molecular flexibility index (Phi) is 4.66. The van der Waals surface area contributed by atoms with Crippen LogP contribution in [0.2, 0.25) is 0 Å². The molecule has 0 fully saturated rings. The molecule has 1 aromatic carbocycles. The zero-order chi connectivity index (χ0) is 15.2. The van der Waals surface area contributed by atoms with Gasteiger partial charge in [-0.2, -0.15) is 4.98 Å². The molecule has 0 aliphatic carbocycles. The summed E-state index contributed by atoms with van der Waals surface area (Å²) in [4.78, 5) is 8.40. The van der Waals surface area contributed by atoms with E-state index in [1.165, 1.54) is 0 Å². The van der Waals surface area contributed by atoms with Crippen LogP contribution in [0.15, 0.2) is 49.3 Å². The fraction of sp³-hybridized carbons (Fsp3) is 0.188. The Morgan fingerprint density at radius 3 is 2.67 bits per heavy atom. The van der Waals surface area contributed by atoms with Crippen LogP contribution < -0.4 is 5.32 Å². The Morgan fingerprint density at radius 2 is 1.95 bits per heavy atom. The fourth-order valence-corrected chi connectivity index (χ4v) is 1.90. The number of hydrogen-bond acceptors (Lipinski definition) is 4. The van der Waals surface area contributed by atoms with Gasteiger partial charge < -0.3 is 5.32 Å². The van der Waals surface area contributed by atoms with Crippen LogP contribution >= 0.6 is 0 Å². The van der Waals surface area contributed by atoms with Crippen molar-refractivity contribution >= 4 is 17.4 Å². The third-order valence-electron chi connectivity index (χ3n) is 2.85. The lowest BCUT2D eigenvalue weighted by molar-refractivity contribution is 0.942. The minimum Gasteiger partial charge on any atom is -0.323 e. The largest absolute Gasteiger partial charge is 0.323 e. The summed E-state index contributed by atoms with van der Waals surface area (Å²) in [5, 5.41) is 7.39. The highest BCUT2D eigenvalue weighted by Crippen LogP contribution is 2.18. The average Bonchev–Trinajstić information content (AvgIpc) is 2.91. The zero-order valence-corrected chi connectivity index (χ0v) is 12.5. The number of anilines is 1. The average molecular weight is 281 g/mol. The van der Waals surface area contributed by atoms with Crippen LogP contribution in [-0.2, 0) is 0 Å². The van der Waals surface area contributed by atoms with E-state index < -0.39 is 0 Å². The summed E-state index contributed by atoms with van der Waals surface area (Å²) in [6.45, 7) is 10.1. The molecule has 3 rings (SSSR count). The summed E-state index contributed by atoms with van der Waals surface area (Å²) in [7, 11) is 0. The number of aromatic nitrogens is 4. The van der Waals surface area contributed by atoms with E-state index in [4.69, 9.17) is 0 Å². The summed E-state index contributed by atoms with van der Waals surface area (Å²) in [5.74, 6) is 1.05. The normalized spacial score (nSPS) is 9.86. The second-order valence-corrected chi connectivity index (χ2v) is 4.22. The molecule has 2 heterocycles.